The van der Waals surface area contributed by atoms with Gasteiger partial charge in [-0.3, -0.25) is 0 Å². The molecule has 6 heterocycles. The molecule has 6 aliphatic heterocycles. The highest BCUT2D eigenvalue weighted by atomic mass is 127. The summed E-state index contributed by atoms with van der Waals surface area (Å²) >= 11 is 24.5. The first-order valence-electron chi connectivity index (χ1n) is 24.6. The van der Waals surface area contributed by atoms with Gasteiger partial charge in [-0.05, 0) is 326 Å². The van der Waals surface area contributed by atoms with E-state index >= 15 is 0 Å². The van der Waals surface area contributed by atoms with Crippen LogP contribution in [0.1, 0.15) is 81.1 Å². The molecule has 29 heteroatoms. The lowest BCUT2D eigenvalue weighted by molar-refractivity contribution is 0.0212. The zero-order valence-electron chi connectivity index (χ0n) is 43.4. The number of phenols is 6. The van der Waals surface area contributed by atoms with Crippen molar-refractivity contribution in [2.45, 2.75) is 16.8 Å². The third-order valence-corrected chi connectivity index (χ3v) is 26.0. The highest BCUT2D eigenvalue weighted by molar-refractivity contribution is 14.1. The Morgan fingerprint density at radius 1 is 0.270 bits per heavy atom. The first kappa shape index (κ1) is 69.8. The molecule has 6 aliphatic rings. The molecule has 0 unspecified atom stereocenters. The van der Waals surface area contributed by atoms with Gasteiger partial charge in [-0.15, -0.1) is 0 Å². The van der Waals surface area contributed by atoms with E-state index < -0.39 is 34.7 Å². The van der Waals surface area contributed by atoms with E-state index in [4.69, 9.17) is 28.4 Å². The Kier molecular flexibility index (Phi) is 20.4. The average molecular weight is 2560 g/mol. The highest BCUT2D eigenvalue weighted by Gasteiger charge is 2.58. The maximum absolute atomic E-state index is 12.9. The van der Waals surface area contributed by atoms with Crippen LogP contribution in [0, 0.1) is 42.8 Å². The van der Waals surface area contributed by atoms with Gasteiger partial charge < -0.3 is 59.1 Å². The summed E-state index contributed by atoms with van der Waals surface area (Å²) in [5.74, 6) is 1.85. The van der Waals surface area contributed by atoms with Gasteiger partial charge in [0, 0.05) is 51.4 Å². The Morgan fingerprint density at radius 2 is 0.438 bits per heavy atom. The normalized spacial score (nSPS) is 15.0. The van der Waals surface area contributed by atoms with E-state index in [0.717, 1.165) is 0 Å². The van der Waals surface area contributed by atoms with Crippen molar-refractivity contribution >= 4 is 324 Å². The minimum Gasteiger partial charge on any atom is -0.506 e. The number of halogens is 12. The molecule has 0 atom stereocenters. The van der Waals surface area contributed by atoms with Crippen LogP contribution in [0.5, 0.6) is 69.0 Å². The molecule has 6 N–H and O–H groups in total. The van der Waals surface area contributed by atoms with E-state index in [-0.39, 0.29) is 69.2 Å². The first-order chi connectivity index (χ1) is 41.3. The number of ether oxygens (including phenoxy) is 6. The summed E-state index contributed by atoms with van der Waals surface area (Å²) in [6, 6.07) is 32.6. The van der Waals surface area contributed by atoms with Crippen LogP contribution in [0.3, 0.4) is 0 Å². The zero-order chi connectivity index (χ0) is 62.0. The van der Waals surface area contributed by atoms with Crippen molar-refractivity contribution in [2.24, 2.45) is 0 Å². The molecule has 0 aliphatic carbocycles. The summed E-state index contributed by atoms with van der Waals surface area (Å²) in [6.45, 7) is 0. The molecule has 6 radical (unpaired) electrons. The van der Waals surface area contributed by atoms with Crippen LogP contribution in [0.2, 0.25) is 0 Å². The van der Waals surface area contributed by atoms with Crippen molar-refractivity contribution in [3.8, 4) is 69.0 Å². The number of phenolic OH excluding ortho intramolecular Hbond substituents is 6. The number of hydrogen-bond donors (Lipinski definition) is 6. The molecule has 89 heavy (non-hydrogen) atoms. The number of rotatable bonds is 0. The third-order valence-electron chi connectivity index (χ3n) is 15.1. The van der Waals surface area contributed by atoms with E-state index in [1.165, 1.54) is 0 Å². The van der Waals surface area contributed by atoms with Gasteiger partial charge in [0.2, 0.25) is 0 Å². The lowest BCUT2D eigenvalue weighted by Crippen LogP contribution is -2.34. The first-order valence-corrected chi connectivity index (χ1v) is 37.6. The summed E-state index contributed by atoms with van der Waals surface area (Å²) < 4.78 is 43.9. The fourth-order valence-electron chi connectivity index (χ4n) is 11.3. The molecule has 444 valence electrons. The summed E-state index contributed by atoms with van der Waals surface area (Å²) in [4.78, 5) is 38.6. The van der Waals surface area contributed by atoms with Crippen LogP contribution in [0.15, 0.2) is 109 Å². The van der Waals surface area contributed by atoms with Crippen LogP contribution >= 0.6 is 271 Å². The van der Waals surface area contributed by atoms with E-state index in [1.54, 1.807) is 72.8 Å². The minimum absolute atomic E-state index is 0. The number of carbonyl (C=O) groups is 3. The molecule has 9 aromatic rings. The van der Waals surface area contributed by atoms with Gasteiger partial charge >= 0.3 is 17.9 Å². The molecule has 15 rings (SSSR count). The molecular formula is C60H24Al2I12O15. The molecule has 3 spiro atoms. The van der Waals surface area contributed by atoms with Crippen molar-refractivity contribution in [2.75, 3.05) is 0 Å². The molecule has 0 saturated heterocycles. The standard InChI is InChI=1S/3C20H8I4O5.2Al/c3*21-11-5-9-17(13(23)15(11)25)28-18-10(6-12(22)16(26)14(18)24)20(9)8-4-2-1-3-7(8)19(27)29-20;;/h3*1-6,25-26H;;. The van der Waals surface area contributed by atoms with E-state index in [2.05, 4.69) is 136 Å². The van der Waals surface area contributed by atoms with Crippen molar-refractivity contribution in [1.82, 2.24) is 0 Å². The van der Waals surface area contributed by atoms with E-state index in [0.29, 0.717) is 144 Å². The van der Waals surface area contributed by atoms with E-state index in [1.807, 2.05) is 172 Å². The van der Waals surface area contributed by atoms with Gasteiger partial charge in [-0.25, -0.2) is 14.4 Å². The molecule has 0 amide bonds. The second-order valence-corrected chi connectivity index (χ2v) is 33.0. The van der Waals surface area contributed by atoms with Crippen LogP contribution in [-0.2, 0) is 31.0 Å². The zero-order valence-corrected chi connectivity index (χ0v) is 71.6. The number of fused-ring (bicyclic) bond motifs is 18. The Hall–Kier alpha value is -0.585. The summed E-state index contributed by atoms with van der Waals surface area (Å²) in [6.07, 6.45) is 0. The third kappa shape index (κ3) is 10.6. The van der Waals surface area contributed by atoms with Gasteiger partial charge in [0.15, 0.2) is 51.3 Å². The minimum atomic E-state index is -1.22. The fraction of sp³-hybridized carbons (Fsp3) is 0.0500. The van der Waals surface area contributed by atoms with Crippen LogP contribution in [0.25, 0.3) is 0 Å². The molecular weight excluding hydrogens is 2540 g/mol. The maximum Gasteiger partial charge on any atom is 0.340 e. The van der Waals surface area contributed by atoms with Crippen LogP contribution in [0.4, 0.5) is 0 Å². The van der Waals surface area contributed by atoms with Gasteiger partial charge in [0.1, 0.15) is 34.5 Å². The van der Waals surface area contributed by atoms with Crippen LogP contribution in [-0.4, -0.2) is 83.3 Å². The summed E-state index contributed by atoms with van der Waals surface area (Å²) in [5.41, 5.74) is 3.80. The van der Waals surface area contributed by atoms with Crippen molar-refractivity contribution in [3.63, 3.8) is 0 Å². The second kappa shape index (κ2) is 26.0. The summed E-state index contributed by atoms with van der Waals surface area (Å²) in [5, 5.41) is 63.0. The number of carbonyl (C=O) groups excluding carboxylic acids is 3. The Labute approximate surface area is 689 Å². The fourth-order valence-corrected chi connectivity index (χ4v) is 22.0. The number of esters is 3. The summed E-state index contributed by atoms with van der Waals surface area (Å²) in [7, 11) is 0. The number of hydrogen-bond acceptors (Lipinski definition) is 15. The molecule has 0 bridgehead atoms. The molecule has 0 aromatic heterocycles. The Bertz CT molecular complexity index is 4050. The maximum atomic E-state index is 12.9. The molecule has 0 fully saturated rings. The topological polar surface area (TPSA) is 228 Å². The quantitative estimate of drug-likeness (QED) is 0.0359. The van der Waals surface area contributed by atoms with Gasteiger partial charge in [0.25, 0.3) is 0 Å². The van der Waals surface area contributed by atoms with Crippen molar-refractivity contribution in [1.29, 1.82) is 0 Å². The van der Waals surface area contributed by atoms with E-state index in [9.17, 15) is 45.0 Å². The molecule has 9 aromatic carbocycles. The van der Waals surface area contributed by atoms with Gasteiger partial charge in [0.05, 0.1) is 92.9 Å². The Morgan fingerprint density at radius 3 is 0.618 bits per heavy atom. The number of benzene rings is 9. The highest BCUT2D eigenvalue weighted by Crippen LogP contribution is 2.64. The molecule has 15 nitrogen and oxygen atoms in total. The smallest absolute Gasteiger partial charge is 0.340 e. The van der Waals surface area contributed by atoms with Gasteiger partial charge in [-0.2, -0.15) is 0 Å². The monoisotopic (exact) mass is 2560 g/mol. The largest absolute Gasteiger partial charge is 0.506 e. The molecule has 0 saturated carbocycles. The Balaban J connectivity index is 0.000000136. The predicted molar refractivity (Wildman–Crippen MR) is 428 cm³/mol. The van der Waals surface area contributed by atoms with Crippen molar-refractivity contribution < 1.29 is 73.4 Å². The van der Waals surface area contributed by atoms with Gasteiger partial charge in [-0.1, -0.05) is 54.6 Å². The average Bonchev–Trinajstić information content (AvgIpc) is 1.67. The number of aromatic hydroxyl groups is 6. The second-order valence-electron chi connectivity index (χ2n) is 19.5. The van der Waals surface area contributed by atoms with Crippen LogP contribution < -0.4 is 14.2 Å². The predicted octanol–water partition coefficient (Wildman–Crippen LogP) is 17.5. The lowest BCUT2D eigenvalue weighted by Gasteiger charge is -2.37. The SMILES string of the molecule is O=C1OC2(c3ccccc31)c1cc(I)c(O)c(I)c1Oc1c2cc(I)c(O)c1I.O=C1OC2(c3ccccc31)c1cc(I)c(O)c(I)c1Oc1c2cc(I)c(O)c1I.O=C1OC2(c3ccccc31)c1cc(I)c(O)c(I)c1Oc1c2cc(I)c(O)c1I.[Al].[Al]. The lowest BCUT2D eigenvalue weighted by atomic mass is 9.77. The van der Waals surface area contributed by atoms with Crippen molar-refractivity contribution in [3.05, 3.63) is 219 Å².